The largest absolute Gasteiger partial charge is 0.497 e. The number of hydrogen-bond donors (Lipinski definition) is 1. The number of piperidine rings is 1. The van der Waals surface area contributed by atoms with Gasteiger partial charge in [-0.05, 0) is 79.0 Å². The number of nitrogens with two attached hydrogens (primary N) is 1. The molecule has 2 aromatic carbocycles. The Kier molecular flexibility index (Phi) is 8.67. The van der Waals surface area contributed by atoms with Gasteiger partial charge in [-0.3, -0.25) is 9.69 Å². The zero-order valence-electron chi connectivity index (χ0n) is 23.0. The van der Waals surface area contributed by atoms with E-state index in [2.05, 4.69) is 46.3 Å². The van der Waals surface area contributed by atoms with Crippen LogP contribution in [0.4, 0.5) is 5.82 Å². The lowest BCUT2D eigenvalue weighted by Gasteiger charge is -2.45. The summed E-state index contributed by atoms with van der Waals surface area (Å²) in [7, 11) is 1.70. The van der Waals surface area contributed by atoms with Crippen LogP contribution in [0.25, 0.3) is 0 Å². The molecule has 7 heteroatoms. The summed E-state index contributed by atoms with van der Waals surface area (Å²) in [6.45, 7) is 4.88. The maximum absolute atomic E-state index is 13.2. The second-order valence-corrected chi connectivity index (χ2v) is 11.0. The smallest absolute Gasteiger partial charge is 0.255 e. The Labute approximate surface area is 231 Å². The molecule has 2 N–H and O–H groups in total. The number of para-hydroxylation sites is 1. The van der Waals surface area contributed by atoms with Crippen LogP contribution in [0.3, 0.4) is 0 Å². The summed E-state index contributed by atoms with van der Waals surface area (Å²) in [6, 6.07) is 20.3. The molecule has 39 heavy (non-hydrogen) atoms. The maximum atomic E-state index is 13.2. The lowest BCUT2D eigenvalue weighted by atomic mass is 9.73. The highest BCUT2D eigenvalue weighted by Crippen LogP contribution is 2.39. The molecule has 2 aliphatic heterocycles. The van der Waals surface area contributed by atoms with Crippen LogP contribution in [-0.2, 0) is 13.0 Å². The van der Waals surface area contributed by atoms with Crippen molar-refractivity contribution < 1.29 is 14.3 Å². The number of nitrogen functional groups attached to an aromatic ring is 1. The van der Waals surface area contributed by atoms with Crippen LogP contribution in [0.5, 0.6) is 11.5 Å². The van der Waals surface area contributed by atoms with E-state index < -0.39 is 0 Å². The number of aryl methyl sites for hydroxylation is 1. The van der Waals surface area contributed by atoms with Crippen molar-refractivity contribution >= 4 is 11.7 Å². The van der Waals surface area contributed by atoms with Crippen LogP contribution in [0, 0.1) is 5.41 Å². The molecule has 3 aromatic rings. The van der Waals surface area contributed by atoms with Crippen LogP contribution in [0.15, 0.2) is 66.9 Å². The van der Waals surface area contributed by atoms with Crippen molar-refractivity contribution in [1.82, 2.24) is 14.8 Å². The molecule has 0 radical (unpaired) electrons. The fourth-order valence-corrected chi connectivity index (χ4v) is 6.01. The number of aromatic nitrogens is 1. The van der Waals surface area contributed by atoms with E-state index in [1.54, 1.807) is 25.4 Å². The van der Waals surface area contributed by atoms with Crippen molar-refractivity contribution in [2.45, 2.75) is 45.1 Å². The van der Waals surface area contributed by atoms with Crippen molar-refractivity contribution in [3.05, 3.63) is 83.6 Å². The molecule has 1 saturated heterocycles. The monoisotopic (exact) mass is 528 g/mol. The van der Waals surface area contributed by atoms with Gasteiger partial charge in [-0.2, -0.15) is 0 Å². The number of carbonyl (C=O) groups excluding carboxylic acids is 1. The zero-order valence-corrected chi connectivity index (χ0v) is 23.0. The number of methoxy groups -OCH3 is 1. The van der Waals surface area contributed by atoms with Crippen molar-refractivity contribution in [3.8, 4) is 11.5 Å². The predicted molar refractivity (Wildman–Crippen MR) is 154 cm³/mol. The van der Waals surface area contributed by atoms with Crippen LogP contribution in [-0.4, -0.2) is 60.6 Å². The predicted octanol–water partition coefficient (Wildman–Crippen LogP) is 5.20. The van der Waals surface area contributed by atoms with Crippen molar-refractivity contribution in [3.63, 3.8) is 0 Å². The number of amides is 1. The van der Waals surface area contributed by atoms with E-state index in [-0.39, 0.29) is 11.3 Å². The number of ether oxygens (including phenoxy) is 2. The van der Waals surface area contributed by atoms with Crippen LogP contribution < -0.4 is 15.2 Å². The molecule has 0 bridgehead atoms. The summed E-state index contributed by atoms with van der Waals surface area (Å²) in [5.41, 5.74) is 9.06. The summed E-state index contributed by atoms with van der Waals surface area (Å²) in [4.78, 5) is 21.8. The second-order valence-electron chi connectivity index (χ2n) is 11.0. The molecule has 0 aliphatic carbocycles. The van der Waals surface area contributed by atoms with Gasteiger partial charge in [0.25, 0.3) is 5.91 Å². The van der Waals surface area contributed by atoms with Gasteiger partial charge in [0, 0.05) is 38.9 Å². The average Bonchev–Trinajstić information content (AvgIpc) is 2.96. The van der Waals surface area contributed by atoms with Gasteiger partial charge in [-0.1, -0.05) is 36.8 Å². The molecule has 3 heterocycles. The average molecular weight is 529 g/mol. The Hall–Kier alpha value is -3.58. The number of likely N-dealkylation sites (tertiary alicyclic amines) is 1. The highest BCUT2D eigenvalue weighted by Gasteiger charge is 2.37. The van der Waals surface area contributed by atoms with E-state index >= 15 is 0 Å². The third-order valence-corrected chi connectivity index (χ3v) is 8.31. The minimum atomic E-state index is 0.0469. The van der Waals surface area contributed by atoms with Gasteiger partial charge in [0.1, 0.15) is 23.9 Å². The summed E-state index contributed by atoms with van der Waals surface area (Å²) in [5, 5.41) is 0. The fraction of sp³-hybridized carbons (Fsp3) is 0.438. The molecule has 0 unspecified atom stereocenters. The number of hydrogen-bond acceptors (Lipinski definition) is 6. The van der Waals surface area contributed by atoms with Gasteiger partial charge in [0.15, 0.2) is 0 Å². The quantitative estimate of drug-likeness (QED) is 0.501. The Balaban J connectivity index is 1.32. The molecule has 2 aliphatic rings. The Morgan fingerprint density at radius 2 is 1.79 bits per heavy atom. The van der Waals surface area contributed by atoms with E-state index in [0.29, 0.717) is 18.0 Å². The van der Waals surface area contributed by atoms with Gasteiger partial charge >= 0.3 is 0 Å². The Morgan fingerprint density at radius 3 is 2.54 bits per heavy atom. The molecular formula is C32H40N4O3. The third kappa shape index (κ3) is 6.90. The molecule has 1 aromatic heterocycles. The number of rotatable bonds is 4. The minimum absolute atomic E-state index is 0.0469. The topological polar surface area (TPSA) is 80.9 Å². The standard InChI is InChI=1S/C32H40N4O3/c1-38-28-12-9-25(10-13-28)23-35-20-21-39-29-8-3-2-6-26(29)7-4-5-15-32(24-35)16-18-36(19-17-32)31(37)27-11-14-30(33)34-22-27/h2-3,6,8-14,22H,4-5,7,15-21,23-24H2,1H3,(H2,33,34). The highest BCUT2D eigenvalue weighted by molar-refractivity contribution is 5.94. The lowest BCUT2D eigenvalue weighted by molar-refractivity contribution is 0.0361. The third-order valence-electron chi connectivity index (χ3n) is 8.31. The normalized spacial score (nSPS) is 18.3. The van der Waals surface area contributed by atoms with Crippen molar-refractivity contribution in [1.29, 1.82) is 0 Å². The molecule has 0 saturated carbocycles. The van der Waals surface area contributed by atoms with Crippen LogP contribution in [0.1, 0.15) is 53.6 Å². The van der Waals surface area contributed by atoms with Crippen LogP contribution in [0.2, 0.25) is 0 Å². The van der Waals surface area contributed by atoms with Gasteiger partial charge in [-0.15, -0.1) is 0 Å². The van der Waals surface area contributed by atoms with E-state index in [4.69, 9.17) is 15.2 Å². The van der Waals surface area contributed by atoms with Crippen LogP contribution >= 0.6 is 0 Å². The first-order valence-corrected chi connectivity index (χ1v) is 14.1. The number of pyridine rings is 1. The summed E-state index contributed by atoms with van der Waals surface area (Å²) < 4.78 is 11.7. The SMILES string of the molecule is COc1ccc(CN2CCOc3ccccc3CCCCC3(CCN(C(=O)c4ccc(N)nc4)CC3)C2)cc1. The van der Waals surface area contributed by atoms with Gasteiger partial charge in [0.05, 0.1) is 12.7 Å². The Bertz CT molecular complexity index is 1220. The minimum Gasteiger partial charge on any atom is -0.497 e. The molecule has 1 amide bonds. The van der Waals surface area contributed by atoms with E-state index in [0.717, 1.165) is 69.9 Å². The summed E-state index contributed by atoms with van der Waals surface area (Å²) in [5.74, 6) is 2.37. The number of anilines is 1. The van der Waals surface area contributed by atoms with Gasteiger partial charge in [-0.25, -0.2) is 4.98 Å². The van der Waals surface area contributed by atoms with Gasteiger partial charge in [0.2, 0.25) is 0 Å². The van der Waals surface area contributed by atoms with E-state index in [1.807, 2.05) is 17.0 Å². The molecule has 5 rings (SSSR count). The molecule has 206 valence electrons. The number of fused-ring (bicyclic) bond motifs is 1. The van der Waals surface area contributed by atoms with E-state index in [1.165, 1.54) is 24.0 Å². The number of nitrogens with zero attached hydrogens (tertiary/aromatic N) is 3. The first-order valence-electron chi connectivity index (χ1n) is 14.1. The second kappa shape index (κ2) is 12.5. The fourth-order valence-electron chi connectivity index (χ4n) is 6.01. The first kappa shape index (κ1) is 27.0. The number of benzene rings is 2. The first-order chi connectivity index (χ1) is 19.0. The highest BCUT2D eigenvalue weighted by atomic mass is 16.5. The van der Waals surface area contributed by atoms with Crippen molar-refractivity contribution in [2.75, 3.05) is 45.6 Å². The lowest BCUT2D eigenvalue weighted by Crippen LogP contribution is -2.48. The molecule has 0 atom stereocenters. The van der Waals surface area contributed by atoms with E-state index in [9.17, 15) is 4.79 Å². The maximum Gasteiger partial charge on any atom is 0.255 e. The molecule has 1 fully saturated rings. The summed E-state index contributed by atoms with van der Waals surface area (Å²) in [6.07, 6.45) is 8.10. The Morgan fingerprint density at radius 1 is 1.00 bits per heavy atom. The molecular weight excluding hydrogens is 488 g/mol. The molecule has 1 spiro atoms. The number of carbonyl (C=O) groups is 1. The molecule has 7 nitrogen and oxygen atoms in total. The van der Waals surface area contributed by atoms with Crippen molar-refractivity contribution in [2.24, 2.45) is 5.41 Å². The summed E-state index contributed by atoms with van der Waals surface area (Å²) >= 11 is 0. The van der Waals surface area contributed by atoms with Gasteiger partial charge < -0.3 is 20.1 Å². The zero-order chi connectivity index (χ0) is 27.1.